The fourth-order valence-electron chi connectivity index (χ4n) is 1.93. The first kappa shape index (κ1) is 11.8. The Hall–Kier alpha value is -2.25. The number of carboxylic acid groups (broad SMARTS) is 1. The van der Waals surface area contributed by atoms with Crippen molar-refractivity contribution in [2.45, 2.75) is 11.7 Å². The van der Waals surface area contributed by atoms with E-state index in [1.165, 1.54) is 18.5 Å². The molecule has 1 aromatic heterocycles. The lowest BCUT2D eigenvalue weighted by Gasteiger charge is -2.26. The predicted octanol–water partition coefficient (Wildman–Crippen LogP) is 0.505. The molecule has 2 heterocycles. The van der Waals surface area contributed by atoms with Gasteiger partial charge >= 0.3 is 12.0 Å². The van der Waals surface area contributed by atoms with E-state index >= 15 is 0 Å². The number of carboxylic acids is 1. The van der Waals surface area contributed by atoms with E-state index in [1.54, 1.807) is 18.2 Å². The van der Waals surface area contributed by atoms with Crippen LogP contribution >= 0.6 is 0 Å². The quantitative estimate of drug-likeness (QED) is 0.848. The molecule has 0 aromatic carbocycles. The molecule has 0 radical (unpaired) electrons. The Bertz CT molecular complexity index is 556. The van der Waals surface area contributed by atoms with E-state index in [4.69, 9.17) is 14.2 Å². The van der Waals surface area contributed by atoms with Gasteiger partial charge in [0, 0.05) is 18.5 Å². The van der Waals surface area contributed by atoms with Crippen molar-refractivity contribution in [1.29, 1.82) is 0 Å². The summed E-state index contributed by atoms with van der Waals surface area (Å²) < 4.78 is 15.8. The summed E-state index contributed by atoms with van der Waals surface area (Å²) in [7, 11) is 0. The van der Waals surface area contributed by atoms with E-state index in [2.05, 4.69) is 9.97 Å². The number of aliphatic carboxylic acids is 1. The minimum absolute atomic E-state index is 0.0765. The van der Waals surface area contributed by atoms with Crippen LogP contribution < -0.4 is 4.74 Å². The van der Waals surface area contributed by atoms with Crippen LogP contribution in [0.3, 0.4) is 0 Å². The first-order valence-electron chi connectivity index (χ1n) is 5.55. The van der Waals surface area contributed by atoms with E-state index < -0.39 is 17.7 Å². The summed E-state index contributed by atoms with van der Waals surface area (Å²) >= 11 is 0. The van der Waals surface area contributed by atoms with Crippen LogP contribution in [0.15, 0.2) is 42.4 Å². The third-order valence-electron chi connectivity index (χ3n) is 2.85. The predicted molar refractivity (Wildman–Crippen MR) is 61.1 cm³/mol. The number of carbonyl (C=O) groups is 1. The highest BCUT2D eigenvalue weighted by Crippen LogP contribution is 2.33. The minimum atomic E-state index is -1.54. The zero-order valence-corrected chi connectivity index (χ0v) is 9.72. The highest BCUT2D eigenvalue weighted by Gasteiger charge is 2.51. The van der Waals surface area contributed by atoms with Gasteiger partial charge in [-0.05, 0) is 18.2 Å². The van der Waals surface area contributed by atoms with E-state index in [9.17, 15) is 9.90 Å². The van der Waals surface area contributed by atoms with Crippen molar-refractivity contribution in [1.82, 2.24) is 9.97 Å². The molecule has 1 fully saturated rings. The molecule has 0 saturated carbocycles. The molecule has 19 heavy (non-hydrogen) atoms. The van der Waals surface area contributed by atoms with Crippen molar-refractivity contribution in [2.24, 2.45) is 0 Å². The van der Waals surface area contributed by atoms with E-state index in [1.807, 2.05) is 0 Å². The standard InChI is InChI=1S/C12H10N2O5/c15-10(16)12-6-8(2-3-9(12)17-7-18-12)19-11-13-4-1-5-14-11/h1-6,9H,7H2,(H,15,16). The van der Waals surface area contributed by atoms with Gasteiger partial charge in [0.25, 0.3) is 0 Å². The third kappa shape index (κ3) is 1.98. The topological polar surface area (TPSA) is 90.8 Å². The van der Waals surface area contributed by atoms with Gasteiger partial charge in [0.15, 0.2) is 0 Å². The van der Waals surface area contributed by atoms with Crippen LogP contribution in [0, 0.1) is 0 Å². The first-order chi connectivity index (χ1) is 9.21. The van der Waals surface area contributed by atoms with Gasteiger partial charge in [-0.1, -0.05) is 0 Å². The van der Waals surface area contributed by atoms with Crippen molar-refractivity contribution < 1.29 is 24.1 Å². The molecule has 2 unspecified atom stereocenters. The van der Waals surface area contributed by atoms with Crippen LogP contribution in [0.25, 0.3) is 0 Å². The summed E-state index contributed by atoms with van der Waals surface area (Å²) in [6.45, 7) is -0.0765. The van der Waals surface area contributed by atoms with Gasteiger partial charge in [0.05, 0.1) is 0 Å². The SMILES string of the molecule is O=C(O)C12C=C(Oc3ncccn3)C=CC1OCO2. The number of hydrogen-bond acceptors (Lipinski definition) is 6. The summed E-state index contributed by atoms with van der Waals surface area (Å²) in [6, 6.07) is 1.79. The summed E-state index contributed by atoms with van der Waals surface area (Å²) in [4.78, 5) is 19.2. The number of aromatic nitrogens is 2. The van der Waals surface area contributed by atoms with Gasteiger partial charge in [-0.2, -0.15) is 0 Å². The van der Waals surface area contributed by atoms with Gasteiger partial charge < -0.3 is 19.3 Å². The number of fused-ring (bicyclic) bond motifs is 1. The van der Waals surface area contributed by atoms with Crippen LogP contribution in [-0.4, -0.2) is 39.5 Å². The van der Waals surface area contributed by atoms with Gasteiger partial charge in [0.2, 0.25) is 5.60 Å². The number of ether oxygens (including phenoxy) is 3. The lowest BCUT2D eigenvalue weighted by atomic mass is 9.92. The van der Waals surface area contributed by atoms with Crippen LogP contribution in [0.5, 0.6) is 6.01 Å². The average molecular weight is 262 g/mol. The van der Waals surface area contributed by atoms with Gasteiger partial charge in [-0.15, -0.1) is 0 Å². The highest BCUT2D eigenvalue weighted by molar-refractivity contribution is 5.82. The Morgan fingerprint density at radius 3 is 3.00 bits per heavy atom. The van der Waals surface area contributed by atoms with Gasteiger partial charge in [0.1, 0.15) is 18.7 Å². The Labute approximate surface area is 108 Å². The molecule has 0 bridgehead atoms. The molecule has 1 N–H and O–H groups in total. The van der Waals surface area contributed by atoms with Gasteiger partial charge in [-0.3, -0.25) is 0 Å². The fourth-order valence-corrected chi connectivity index (χ4v) is 1.93. The maximum absolute atomic E-state index is 11.4. The molecule has 98 valence electrons. The molecule has 3 rings (SSSR count). The molecule has 1 saturated heterocycles. The fraction of sp³-hybridized carbons (Fsp3) is 0.250. The molecule has 2 atom stereocenters. The molecule has 0 spiro atoms. The van der Waals surface area contributed by atoms with Crippen LogP contribution in [-0.2, 0) is 14.3 Å². The van der Waals surface area contributed by atoms with Gasteiger partial charge in [-0.25, -0.2) is 14.8 Å². The molecule has 7 heteroatoms. The molecule has 1 aliphatic heterocycles. The third-order valence-corrected chi connectivity index (χ3v) is 2.85. The summed E-state index contributed by atoms with van der Waals surface area (Å²) in [5.41, 5.74) is -1.54. The Kier molecular flexibility index (Phi) is 2.77. The number of nitrogens with zero attached hydrogens (tertiary/aromatic N) is 2. The van der Waals surface area contributed by atoms with E-state index in [-0.39, 0.29) is 12.8 Å². The zero-order valence-electron chi connectivity index (χ0n) is 9.72. The van der Waals surface area contributed by atoms with Crippen molar-refractivity contribution in [3.8, 4) is 6.01 Å². The average Bonchev–Trinajstić information content (AvgIpc) is 2.84. The summed E-state index contributed by atoms with van der Waals surface area (Å²) in [5.74, 6) is -0.829. The second-order valence-corrected chi connectivity index (χ2v) is 3.99. The van der Waals surface area contributed by atoms with Crippen molar-refractivity contribution >= 4 is 5.97 Å². The smallest absolute Gasteiger partial charge is 0.343 e. The Morgan fingerprint density at radius 1 is 1.47 bits per heavy atom. The number of rotatable bonds is 3. The Morgan fingerprint density at radius 2 is 2.26 bits per heavy atom. The number of allylic oxidation sites excluding steroid dienone is 1. The molecule has 2 aliphatic rings. The normalized spacial score (nSPS) is 28.6. The van der Waals surface area contributed by atoms with Crippen LogP contribution in [0.2, 0.25) is 0 Å². The first-order valence-corrected chi connectivity index (χ1v) is 5.55. The summed E-state index contributed by atoms with van der Waals surface area (Å²) in [5, 5.41) is 9.31. The maximum Gasteiger partial charge on any atom is 0.343 e. The molecular weight excluding hydrogens is 252 g/mol. The second-order valence-electron chi connectivity index (χ2n) is 3.99. The zero-order chi connectivity index (χ0) is 13.3. The van der Waals surface area contributed by atoms with Crippen molar-refractivity contribution in [3.63, 3.8) is 0 Å². The Balaban J connectivity index is 1.89. The summed E-state index contributed by atoms with van der Waals surface area (Å²) in [6.07, 6.45) is 6.95. The monoisotopic (exact) mass is 262 g/mol. The highest BCUT2D eigenvalue weighted by atomic mass is 16.7. The van der Waals surface area contributed by atoms with E-state index in [0.29, 0.717) is 5.76 Å². The van der Waals surface area contributed by atoms with E-state index in [0.717, 1.165) is 0 Å². The minimum Gasteiger partial charge on any atom is -0.479 e. The molecule has 1 aliphatic carbocycles. The largest absolute Gasteiger partial charge is 0.479 e. The molecule has 7 nitrogen and oxygen atoms in total. The maximum atomic E-state index is 11.4. The lowest BCUT2D eigenvalue weighted by molar-refractivity contribution is -0.155. The van der Waals surface area contributed by atoms with Crippen molar-refractivity contribution in [2.75, 3.05) is 6.79 Å². The second kappa shape index (κ2) is 4.45. The van der Waals surface area contributed by atoms with Crippen LogP contribution in [0.1, 0.15) is 0 Å². The lowest BCUT2D eigenvalue weighted by Crippen LogP contribution is -2.46. The molecule has 0 amide bonds. The molecular formula is C12H10N2O5. The van der Waals surface area contributed by atoms with Crippen molar-refractivity contribution in [3.05, 3.63) is 42.4 Å². The van der Waals surface area contributed by atoms with Crippen LogP contribution in [0.4, 0.5) is 0 Å². The molecule has 1 aromatic rings. The number of hydrogen-bond donors (Lipinski definition) is 1.